The summed E-state index contributed by atoms with van der Waals surface area (Å²) in [6.45, 7) is 6.11. The Labute approximate surface area is 123 Å². The van der Waals surface area contributed by atoms with Crippen molar-refractivity contribution in [3.63, 3.8) is 0 Å². The van der Waals surface area contributed by atoms with Crippen LogP contribution in [0.2, 0.25) is 0 Å². The van der Waals surface area contributed by atoms with Gasteiger partial charge in [0, 0.05) is 12.6 Å². The number of amides is 1. The van der Waals surface area contributed by atoms with E-state index in [0.717, 1.165) is 51.5 Å². The number of carbonyl (C=O) groups excluding carboxylic acids is 1. The van der Waals surface area contributed by atoms with Crippen molar-refractivity contribution in [3.8, 4) is 6.07 Å². The van der Waals surface area contributed by atoms with Crippen LogP contribution in [0.3, 0.4) is 0 Å². The molecule has 0 unspecified atom stereocenters. The van der Waals surface area contributed by atoms with Crippen LogP contribution in [0, 0.1) is 16.7 Å². The van der Waals surface area contributed by atoms with Crippen molar-refractivity contribution >= 4 is 5.91 Å². The largest absolute Gasteiger partial charge is 0.355 e. The van der Waals surface area contributed by atoms with E-state index in [4.69, 9.17) is 0 Å². The predicted molar refractivity (Wildman–Crippen MR) is 81.1 cm³/mol. The quantitative estimate of drug-likeness (QED) is 0.729. The molecule has 1 N–H and O–H groups in total. The second-order valence-electron chi connectivity index (χ2n) is 6.29. The lowest BCUT2D eigenvalue weighted by molar-refractivity contribution is -0.129. The Morgan fingerprint density at radius 2 is 1.95 bits per heavy atom. The van der Waals surface area contributed by atoms with Gasteiger partial charge in [0.2, 0.25) is 5.91 Å². The van der Waals surface area contributed by atoms with Crippen LogP contribution >= 0.6 is 0 Å². The van der Waals surface area contributed by atoms with E-state index >= 15 is 0 Å². The number of hydrogen-bond acceptors (Lipinski definition) is 3. The van der Waals surface area contributed by atoms with E-state index < -0.39 is 5.41 Å². The summed E-state index contributed by atoms with van der Waals surface area (Å²) in [5.41, 5.74) is -0.743. The number of unbranched alkanes of at least 4 members (excludes halogenated alkanes) is 1. The zero-order valence-electron chi connectivity index (χ0n) is 13.2. The number of nitrogens with zero attached hydrogens (tertiary/aromatic N) is 2. The lowest BCUT2D eigenvalue weighted by Gasteiger charge is -2.29. The highest BCUT2D eigenvalue weighted by Crippen LogP contribution is 2.35. The predicted octanol–water partition coefficient (Wildman–Crippen LogP) is 2.70. The Hall–Kier alpha value is -1.08. The number of hydrogen-bond donors (Lipinski definition) is 1. The van der Waals surface area contributed by atoms with Gasteiger partial charge in [0.25, 0.3) is 0 Å². The lowest BCUT2D eigenvalue weighted by atomic mass is 9.74. The maximum atomic E-state index is 12.2. The normalized spacial score (nSPS) is 18.0. The first-order valence-corrected chi connectivity index (χ1v) is 7.91. The van der Waals surface area contributed by atoms with Gasteiger partial charge in [-0.25, -0.2) is 0 Å². The Morgan fingerprint density at radius 1 is 1.30 bits per heavy atom. The third-order valence-electron chi connectivity index (χ3n) is 4.46. The summed E-state index contributed by atoms with van der Waals surface area (Å²) in [6.07, 6.45) is 6.66. The zero-order valence-corrected chi connectivity index (χ0v) is 13.2. The molecular weight excluding hydrogens is 250 g/mol. The lowest BCUT2D eigenvalue weighted by Crippen LogP contribution is -2.41. The molecule has 0 spiro atoms. The van der Waals surface area contributed by atoms with Crippen molar-refractivity contribution in [1.29, 1.82) is 5.26 Å². The van der Waals surface area contributed by atoms with Crippen LogP contribution < -0.4 is 5.32 Å². The summed E-state index contributed by atoms with van der Waals surface area (Å²) < 4.78 is 0. The minimum absolute atomic E-state index is 0.0445. The summed E-state index contributed by atoms with van der Waals surface area (Å²) in [5.74, 6) is -0.0445. The third-order valence-corrected chi connectivity index (χ3v) is 4.46. The van der Waals surface area contributed by atoms with Crippen molar-refractivity contribution in [2.24, 2.45) is 5.41 Å². The molecule has 1 rings (SSSR count). The SMILES string of the molecule is CC(C)N(C)CCCCNC(=O)C1(C#N)CCCCC1. The van der Waals surface area contributed by atoms with E-state index in [9.17, 15) is 10.1 Å². The van der Waals surface area contributed by atoms with Gasteiger partial charge in [0.05, 0.1) is 6.07 Å². The molecule has 0 radical (unpaired) electrons. The molecular formula is C16H29N3O. The Morgan fingerprint density at radius 3 is 2.50 bits per heavy atom. The molecule has 1 fully saturated rings. The maximum Gasteiger partial charge on any atom is 0.240 e. The molecule has 114 valence electrons. The fraction of sp³-hybridized carbons (Fsp3) is 0.875. The average Bonchev–Trinajstić information content (AvgIpc) is 2.46. The summed E-state index contributed by atoms with van der Waals surface area (Å²) in [6, 6.07) is 2.83. The van der Waals surface area contributed by atoms with Crippen LogP contribution in [0.5, 0.6) is 0 Å². The van der Waals surface area contributed by atoms with Crippen molar-refractivity contribution in [3.05, 3.63) is 0 Å². The number of nitrogens with one attached hydrogen (secondary N) is 1. The van der Waals surface area contributed by atoms with E-state index in [-0.39, 0.29) is 5.91 Å². The zero-order chi connectivity index (χ0) is 15.0. The highest BCUT2D eigenvalue weighted by molar-refractivity contribution is 5.85. The summed E-state index contributed by atoms with van der Waals surface area (Å²) in [5, 5.41) is 12.3. The topological polar surface area (TPSA) is 56.1 Å². The van der Waals surface area contributed by atoms with E-state index in [1.807, 2.05) is 0 Å². The van der Waals surface area contributed by atoms with Gasteiger partial charge in [-0.1, -0.05) is 19.3 Å². The van der Waals surface area contributed by atoms with Gasteiger partial charge < -0.3 is 10.2 Å². The molecule has 0 atom stereocenters. The number of carbonyl (C=O) groups is 1. The molecule has 0 saturated heterocycles. The van der Waals surface area contributed by atoms with Crippen LogP contribution in [-0.4, -0.2) is 37.0 Å². The van der Waals surface area contributed by atoms with Gasteiger partial charge in [-0.05, 0) is 53.1 Å². The van der Waals surface area contributed by atoms with E-state index in [1.54, 1.807) is 0 Å². The smallest absolute Gasteiger partial charge is 0.240 e. The highest BCUT2D eigenvalue weighted by atomic mass is 16.2. The molecule has 0 heterocycles. The van der Waals surface area contributed by atoms with Gasteiger partial charge in [-0.15, -0.1) is 0 Å². The molecule has 1 amide bonds. The van der Waals surface area contributed by atoms with Crippen LogP contribution in [-0.2, 0) is 4.79 Å². The Kier molecular flexibility index (Phi) is 7.01. The number of nitriles is 1. The first-order chi connectivity index (χ1) is 9.52. The molecule has 1 aliphatic rings. The fourth-order valence-electron chi connectivity index (χ4n) is 2.66. The molecule has 0 aromatic carbocycles. The minimum Gasteiger partial charge on any atom is -0.355 e. The molecule has 4 heteroatoms. The minimum atomic E-state index is -0.743. The summed E-state index contributed by atoms with van der Waals surface area (Å²) >= 11 is 0. The first-order valence-electron chi connectivity index (χ1n) is 7.91. The molecule has 0 bridgehead atoms. The second kappa shape index (κ2) is 8.26. The monoisotopic (exact) mass is 279 g/mol. The van der Waals surface area contributed by atoms with Crippen LogP contribution in [0.25, 0.3) is 0 Å². The van der Waals surface area contributed by atoms with Crippen molar-refractivity contribution in [1.82, 2.24) is 10.2 Å². The molecule has 0 aromatic heterocycles. The third kappa shape index (κ3) is 4.79. The van der Waals surface area contributed by atoms with Gasteiger partial charge in [0.1, 0.15) is 5.41 Å². The van der Waals surface area contributed by atoms with Crippen LogP contribution in [0.1, 0.15) is 58.8 Å². The van der Waals surface area contributed by atoms with E-state index in [1.165, 1.54) is 0 Å². The second-order valence-corrected chi connectivity index (χ2v) is 6.29. The van der Waals surface area contributed by atoms with E-state index in [0.29, 0.717) is 12.6 Å². The molecule has 20 heavy (non-hydrogen) atoms. The van der Waals surface area contributed by atoms with E-state index in [2.05, 4.69) is 37.2 Å². The molecule has 1 aliphatic carbocycles. The molecule has 0 aromatic rings. The molecule has 4 nitrogen and oxygen atoms in total. The highest BCUT2D eigenvalue weighted by Gasteiger charge is 2.39. The summed E-state index contributed by atoms with van der Waals surface area (Å²) in [7, 11) is 2.12. The number of rotatable bonds is 7. The molecule has 1 saturated carbocycles. The standard InChI is InChI=1S/C16H29N3O/c1-14(2)19(3)12-8-7-11-18-15(20)16(13-17)9-5-4-6-10-16/h14H,4-12H2,1-3H3,(H,18,20). The average molecular weight is 279 g/mol. The van der Waals surface area contributed by atoms with Gasteiger partial charge in [-0.2, -0.15) is 5.26 Å². The van der Waals surface area contributed by atoms with Crippen molar-refractivity contribution in [2.45, 2.75) is 64.8 Å². The first kappa shape index (κ1) is 17.0. The van der Waals surface area contributed by atoms with Crippen LogP contribution in [0.4, 0.5) is 0 Å². The van der Waals surface area contributed by atoms with Gasteiger partial charge >= 0.3 is 0 Å². The Balaban J connectivity index is 2.24. The van der Waals surface area contributed by atoms with Gasteiger partial charge in [-0.3, -0.25) is 4.79 Å². The van der Waals surface area contributed by atoms with Crippen LogP contribution in [0.15, 0.2) is 0 Å². The maximum absolute atomic E-state index is 12.2. The summed E-state index contributed by atoms with van der Waals surface area (Å²) in [4.78, 5) is 14.5. The van der Waals surface area contributed by atoms with Crippen molar-refractivity contribution in [2.75, 3.05) is 20.1 Å². The van der Waals surface area contributed by atoms with Gasteiger partial charge in [0.15, 0.2) is 0 Å². The Bertz CT molecular complexity index is 340. The van der Waals surface area contributed by atoms with Crippen molar-refractivity contribution < 1.29 is 4.79 Å². The molecule has 0 aliphatic heterocycles. The fourth-order valence-corrected chi connectivity index (χ4v) is 2.66.